The van der Waals surface area contributed by atoms with Gasteiger partial charge in [0.15, 0.2) is 0 Å². The van der Waals surface area contributed by atoms with Crippen LogP contribution in [0.1, 0.15) is 53.9 Å². The average Bonchev–Trinajstić information content (AvgIpc) is 2.44. The Hall–Kier alpha value is -1.26. The van der Waals surface area contributed by atoms with E-state index in [1.165, 1.54) is 0 Å². The summed E-state index contributed by atoms with van der Waals surface area (Å²) in [5, 5.41) is 11.9. The number of urea groups is 1. The maximum absolute atomic E-state index is 12.3. The minimum atomic E-state index is -0.985. The molecule has 0 radical (unpaired) electrons. The van der Waals surface area contributed by atoms with Crippen molar-refractivity contribution in [3.63, 3.8) is 0 Å². The predicted octanol–water partition coefficient (Wildman–Crippen LogP) is 2.71. The summed E-state index contributed by atoms with van der Waals surface area (Å²) in [6.45, 7) is 11.3. The summed E-state index contributed by atoms with van der Waals surface area (Å²) in [6.07, 6.45) is 3.01. The highest BCUT2D eigenvalue weighted by Crippen LogP contribution is 2.30. The molecule has 0 aliphatic carbocycles. The number of aliphatic carboxylic acids is 1. The van der Waals surface area contributed by atoms with Crippen LogP contribution in [0.25, 0.3) is 0 Å². The van der Waals surface area contributed by atoms with E-state index in [-0.39, 0.29) is 11.4 Å². The molecule has 0 aromatic rings. The summed E-state index contributed by atoms with van der Waals surface area (Å²) in [5.74, 6) is -0.985. The molecule has 0 bridgehead atoms. The number of carbonyl (C=O) groups is 2. The average molecular weight is 284 g/mol. The van der Waals surface area contributed by atoms with Crippen LogP contribution in [0.15, 0.2) is 0 Å². The van der Waals surface area contributed by atoms with Gasteiger partial charge < -0.3 is 15.3 Å². The molecule has 1 aliphatic heterocycles. The summed E-state index contributed by atoms with van der Waals surface area (Å²) in [6, 6.07) is -1.13. The van der Waals surface area contributed by atoms with Crippen LogP contribution in [-0.4, -0.2) is 41.1 Å². The van der Waals surface area contributed by atoms with Gasteiger partial charge in [-0.1, -0.05) is 34.6 Å². The zero-order chi connectivity index (χ0) is 15.6. The molecule has 116 valence electrons. The minimum Gasteiger partial charge on any atom is -0.480 e. The smallest absolute Gasteiger partial charge is 0.326 e. The van der Waals surface area contributed by atoms with Crippen LogP contribution in [0.4, 0.5) is 4.79 Å². The zero-order valence-electron chi connectivity index (χ0n) is 13.3. The maximum Gasteiger partial charge on any atom is 0.326 e. The Labute approximate surface area is 121 Å². The summed E-state index contributed by atoms with van der Waals surface area (Å²) < 4.78 is 0. The van der Waals surface area contributed by atoms with Crippen molar-refractivity contribution >= 4 is 12.0 Å². The highest BCUT2D eigenvalue weighted by atomic mass is 16.4. The van der Waals surface area contributed by atoms with Gasteiger partial charge in [0.2, 0.25) is 0 Å². The van der Waals surface area contributed by atoms with Crippen molar-refractivity contribution in [1.82, 2.24) is 10.2 Å². The van der Waals surface area contributed by atoms with E-state index in [4.69, 9.17) is 0 Å². The first-order valence-electron chi connectivity index (χ1n) is 7.31. The van der Waals surface area contributed by atoms with Crippen molar-refractivity contribution in [2.45, 2.75) is 59.9 Å². The Bertz CT molecular complexity index is 372. The van der Waals surface area contributed by atoms with E-state index in [1.807, 2.05) is 20.8 Å². The molecule has 0 aromatic heterocycles. The lowest BCUT2D eigenvalue weighted by Crippen LogP contribution is -2.53. The lowest BCUT2D eigenvalue weighted by Gasteiger charge is -2.31. The van der Waals surface area contributed by atoms with Crippen molar-refractivity contribution in [2.75, 3.05) is 13.1 Å². The molecule has 0 saturated carbocycles. The molecule has 1 heterocycles. The molecule has 2 amide bonds. The number of amides is 2. The normalized spacial score (nSPS) is 20.9. The van der Waals surface area contributed by atoms with Gasteiger partial charge in [0.05, 0.1) is 0 Å². The lowest BCUT2D eigenvalue weighted by atomic mass is 9.85. The van der Waals surface area contributed by atoms with Crippen molar-refractivity contribution < 1.29 is 14.7 Å². The molecule has 0 aromatic carbocycles. The maximum atomic E-state index is 12.3. The standard InChI is InChI=1S/C15H28N2O3/c1-14(2,3)11(12(18)19)16-13(20)17-9-6-7-15(4,5)8-10-17/h11H,6-10H2,1-5H3,(H,16,20)(H,18,19)/t11-/m0/s1. The Kier molecular flexibility index (Phi) is 5.05. The van der Waals surface area contributed by atoms with Crippen molar-refractivity contribution in [2.24, 2.45) is 10.8 Å². The number of carbonyl (C=O) groups excluding carboxylic acids is 1. The molecule has 1 fully saturated rings. The third-order valence-corrected chi connectivity index (χ3v) is 4.01. The molecule has 0 unspecified atom stereocenters. The number of carboxylic acid groups (broad SMARTS) is 1. The summed E-state index contributed by atoms with van der Waals surface area (Å²) in [7, 11) is 0. The molecular formula is C15H28N2O3. The summed E-state index contributed by atoms with van der Waals surface area (Å²) in [4.78, 5) is 25.3. The number of nitrogens with zero attached hydrogens (tertiary/aromatic N) is 1. The third-order valence-electron chi connectivity index (χ3n) is 4.01. The highest BCUT2D eigenvalue weighted by molar-refractivity contribution is 5.83. The second-order valence-corrected chi connectivity index (χ2v) is 7.59. The summed E-state index contributed by atoms with van der Waals surface area (Å²) in [5.41, 5.74) is -0.252. The van der Waals surface area contributed by atoms with Gasteiger partial charge in [-0.15, -0.1) is 0 Å². The van der Waals surface area contributed by atoms with Crippen LogP contribution in [0.5, 0.6) is 0 Å². The number of hydrogen-bond acceptors (Lipinski definition) is 2. The first-order chi connectivity index (χ1) is 9.03. The van der Waals surface area contributed by atoms with Gasteiger partial charge in [0, 0.05) is 13.1 Å². The van der Waals surface area contributed by atoms with Crippen LogP contribution in [0, 0.1) is 10.8 Å². The van der Waals surface area contributed by atoms with Crippen LogP contribution >= 0.6 is 0 Å². The van der Waals surface area contributed by atoms with E-state index in [0.29, 0.717) is 13.1 Å². The Morgan fingerprint density at radius 2 is 1.80 bits per heavy atom. The zero-order valence-corrected chi connectivity index (χ0v) is 13.3. The van der Waals surface area contributed by atoms with E-state index in [9.17, 15) is 14.7 Å². The Morgan fingerprint density at radius 1 is 1.20 bits per heavy atom. The van der Waals surface area contributed by atoms with Gasteiger partial charge in [0.1, 0.15) is 6.04 Å². The quantitative estimate of drug-likeness (QED) is 0.819. The monoisotopic (exact) mass is 284 g/mol. The number of likely N-dealkylation sites (tertiary alicyclic amines) is 1. The predicted molar refractivity (Wildman–Crippen MR) is 78.6 cm³/mol. The SMILES string of the molecule is CC1(C)CCCN(C(=O)N[C@@H](C(=O)O)C(C)(C)C)CC1. The number of nitrogens with one attached hydrogen (secondary N) is 1. The van der Waals surface area contributed by atoms with Gasteiger partial charge in [-0.3, -0.25) is 0 Å². The number of hydrogen-bond donors (Lipinski definition) is 2. The molecule has 5 nitrogen and oxygen atoms in total. The van der Waals surface area contributed by atoms with Gasteiger partial charge in [0.25, 0.3) is 0 Å². The fourth-order valence-electron chi connectivity index (χ4n) is 2.49. The van der Waals surface area contributed by atoms with E-state index in [2.05, 4.69) is 19.2 Å². The van der Waals surface area contributed by atoms with Crippen molar-refractivity contribution in [3.8, 4) is 0 Å². The molecule has 20 heavy (non-hydrogen) atoms. The van der Waals surface area contributed by atoms with E-state index in [1.54, 1.807) is 4.90 Å². The Balaban J connectivity index is 2.68. The largest absolute Gasteiger partial charge is 0.480 e. The van der Waals surface area contributed by atoms with Crippen LogP contribution in [0.3, 0.4) is 0 Å². The summed E-state index contributed by atoms with van der Waals surface area (Å²) >= 11 is 0. The van der Waals surface area contributed by atoms with Gasteiger partial charge in [-0.2, -0.15) is 0 Å². The van der Waals surface area contributed by atoms with Gasteiger partial charge in [-0.25, -0.2) is 9.59 Å². The van der Waals surface area contributed by atoms with Crippen LogP contribution in [0.2, 0.25) is 0 Å². The molecule has 1 atom stereocenters. The first-order valence-corrected chi connectivity index (χ1v) is 7.31. The van der Waals surface area contributed by atoms with Crippen LogP contribution in [-0.2, 0) is 4.79 Å². The fourth-order valence-corrected chi connectivity index (χ4v) is 2.49. The molecule has 0 spiro atoms. The number of rotatable bonds is 2. The first kappa shape index (κ1) is 16.8. The van der Waals surface area contributed by atoms with E-state index < -0.39 is 17.4 Å². The molecule has 5 heteroatoms. The fraction of sp³-hybridized carbons (Fsp3) is 0.867. The topological polar surface area (TPSA) is 69.6 Å². The van der Waals surface area contributed by atoms with E-state index in [0.717, 1.165) is 19.3 Å². The second kappa shape index (κ2) is 6.02. The molecular weight excluding hydrogens is 256 g/mol. The molecule has 1 rings (SSSR count). The molecule has 1 aliphatic rings. The second-order valence-electron chi connectivity index (χ2n) is 7.59. The molecule has 2 N–H and O–H groups in total. The van der Waals surface area contributed by atoms with Gasteiger partial charge >= 0.3 is 12.0 Å². The third kappa shape index (κ3) is 4.69. The van der Waals surface area contributed by atoms with Crippen molar-refractivity contribution in [1.29, 1.82) is 0 Å². The minimum absolute atomic E-state index is 0.255. The van der Waals surface area contributed by atoms with Crippen molar-refractivity contribution in [3.05, 3.63) is 0 Å². The highest BCUT2D eigenvalue weighted by Gasteiger charge is 2.34. The van der Waals surface area contributed by atoms with Gasteiger partial charge in [-0.05, 0) is 30.1 Å². The van der Waals surface area contributed by atoms with Crippen LogP contribution < -0.4 is 5.32 Å². The lowest BCUT2D eigenvalue weighted by molar-refractivity contribution is -0.142. The van der Waals surface area contributed by atoms with E-state index >= 15 is 0 Å². The Morgan fingerprint density at radius 3 is 2.30 bits per heavy atom. The molecule has 1 saturated heterocycles. The number of carboxylic acids is 1.